The first-order valence-electron chi connectivity index (χ1n) is 6.68. The lowest BCUT2D eigenvalue weighted by Crippen LogP contribution is -2.41. The van der Waals surface area contributed by atoms with Crippen molar-refractivity contribution in [1.29, 1.82) is 0 Å². The predicted molar refractivity (Wildman–Crippen MR) is 66.4 cm³/mol. The fourth-order valence-electron chi connectivity index (χ4n) is 2.42. The van der Waals surface area contributed by atoms with Crippen LogP contribution in [0.3, 0.4) is 0 Å². The average molecular weight is 276 g/mol. The fourth-order valence-corrected chi connectivity index (χ4v) is 2.42. The molecule has 0 spiro atoms. The number of hydrogen-bond donors (Lipinski definition) is 2. The van der Waals surface area contributed by atoms with Gasteiger partial charge in [0, 0.05) is 6.42 Å². The van der Waals surface area contributed by atoms with Crippen LogP contribution in [0.25, 0.3) is 0 Å². The van der Waals surface area contributed by atoms with E-state index in [9.17, 15) is 10.2 Å². The molecule has 0 aromatic rings. The molecule has 19 heavy (non-hydrogen) atoms. The van der Waals surface area contributed by atoms with E-state index >= 15 is 0 Å². The molecule has 0 amide bonds. The molecule has 112 valence electrons. The Balaban J connectivity index is 1.82. The number of aliphatic hydroxyl groups is 2. The lowest BCUT2D eigenvalue weighted by atomic mass is 10.0. The molecule has 0 aromatic heterocycles. The molecule has 0 aliphatic carbocycles. The summed E-state index contributed by atoms with van der Waals surface area (Å²) in [4.78, 5) is 0. The maximum absolute atomic E-state index is 10.1. The third kappa shape index (κ3) is 3.87. The lowest BCUT2D eigenvalue weighted by Gasteiger charge is -2.25. The molecule has 6 nitrogen and oxygen atoms in total. The van der Waals surface area contributed by atoms with Crippen molar-refractivity contribution in [2.45, 2.75) is 70.1 Å². The SMILES string of the molecule is CC1(C)OC[C@H](C[C@@H](O)[C@H](O)[C@H]2COC(C)(C)O2)O1. The molecular formula is C13H24O6. The Morgan fingerprint density at radius 1 is 1.00 bits per heavy atom. The maximum atomic E-state index is 10.1. The quantitative estimate of drug-likeness (QED) is 0.774. The number of hydrogen-bond acceptors (Lipinski definition) is 6. The Labute approximate surface area is 113 Å². The van der Waals surface area contributed by atoms with Crippen LogP contribution in [0.15, 0.2) is 0 Å². The van der Waals surface area contributed by atoms with E-state index in [2.05, 4.69) is 0 Å². The molecule has 2 heterocycles. The van der Waals surface area contributed by atoms with Gasteiger partial charge in [0.15, 0.2) is 11.6 Å². The van der Waals surface area contributed by atoms with Crippen molar-refractivity contribution in [2.75, 3.05) is 13.2 Å². The Hall–Kier alpha value is -0.240. The van der Waals surface area contributed by atoms with Crippen molar-refractivity contribution in [3.8, 4) is 0 Å². The van der Waals surface area contributed by atoms with E-state index < -0.39 is 29.9 Å². The van der Waals surface area contributed by atoms with Crippen LogP contribution < -0.4 is 0 Å². The summed E-state index contributed by atoms with van der Waals surface area (Å²) in [7, 11) is 0. The van der Waals surface area contributed by atoms with Gasteiger partial charge in [-0.1, -0.05) is 0 Å². The first kappa shape index (κ1) is 15.2. The van der Waals surface area contributed by atoms with Crippen LogP contribution in [0, 0.1) is 0 Å². The Bertz CT molecular complexity index is 316. The summed E-state index contributed by atoms with van der Waals surface area (Å²) in [6.07, 6.45) is -2.33. The van der Waals surface area contributed by atoms with Gasteiger partial charge in [0.05, 0.1) is 25.4 Å². The molecule has 2 aliphatic heterocycles. The first-order valence-corrected chi connectivity index (χ1v) is 6.68. The zero-order valence-corrected chi connectivity index (χ0v) is 12.0. The molecule has 2 fully saturated rings. The minimum absolute atomic E-state index is 0.213. The molecule has 0 radical (unpaired) electrons. The van der Waals surface area contributed by atoms with Gasteiger partial charge in [-0.15, -0.1) is 0 Å². The minimum Gasteiger partial charge on any atom is -0.390 e. The van der Waals surface area contributed by atoms with Crippen LogP contribution in [-0.4, -0.2) is 59.4 Å². The molecule has 2 N–H and O–H groups in total. The summed E-state index contributed by atoms with van der Waals surface area (Å²) < 4.78 is 21.9. The molecule has 6 heteroatoms. The highest BCUT2D eigenvalue weighted by molar-refractivity contribution is 4.85. The number of aliphatic hydroxyl groups excluding tert-OH is 2. The largest absolute Gasteiger partial charge is 0.390 e. The summed E-state index contributed by atoms with van der Waals surface area (Å²) in [5.74, 6) is -1.33. The van der Waals surface area contributed by atoms with Gasteiger partial charge in [0.2, 0.25) is 0 Å². The Morgan fingerprint density at radius 2 is 1.58 bits per heavy atom. The minimum atomic E-state index is -0.992. The second-order valence-electron chi connectivity index (χ2n) is 6.11. The van der Waals surface area contributed by atoms with Gasteiger partial charge in [0.1, 0.15) is 12.2 Å². The molecule has 0 bridgehead atoms. The highest BCUT2D eigenvalue weighted by Gasteiger charge is 2.41. The molecule has 0 aromatic carbocycles. The van der Waals surface area contributed by atoms with Gasteiger partial charge in [-0.05, 0) is 27.7 Å². The average Bonchev–Trinajstić information content (AvgIpc) is 2.80. The van der Waals surface area contributed by atoms with E-state index in [1.807, 2.05) is 13.8 Å². The topological polar surface area (TPSA) is 77.4 Å². The van der Waals surface area contributed by atoms with Gasteiger partial charge >= 0.3 is 0 Å². The van der Waals surface area contributed by atoms with Crippen molar-refractivity contribution in [3.05, 3.63) is 0 Å². The monoisotopic (exact) mass is 276 g/mol. The van der Waals surface area contributed by atoms with Gasteiger partial charge in [-0.2, -0.15) is 0 Å². The van der Waals surface area contributed by atoms with E-state index in [1.165, 1.54) is 0 Å². The third-order valence-electron chi connectivity index (χ3n) is 3.38. The van der Waals surface area contributed by atoms with Gasteiger partial charge < -0.3 is 29.2 Å². The van der Waals surface area contributed by atoms with Crippen LogP contribution in [-0.2, 0) is 18.9 Å². The molecule has 2 saturated heterocycles. The zero-order valence-electron chi connectivity index (χ0n) is 12.0. The van der Waals surface area contributed by atoms with E-state index in [1.54, 1.807) is 13.8 Å². The van der Waals surface area contributed by atoms with E-state index in [0.717, 1.165) is 0 Å². The van der Waals surface area contributed by atoms with E-state index in [0.29, 0.717) is 13.0 Å². The van der Waals surface area contributed by atoms with Crippen LogP contribution in [0.2, 0.25) is 0 Å². The summed E-state index contributed by atoms with van der Waals surface area (Å²) >= 11 is 0. The molecular weight excluding hydrogens is 252 g/mol. The summed E-state index contributed by atoms with van der Waals surface area (Å²) in [5, 5.41) is 20.1. The second kappa shape index (κ2) is 5.27. The molecule has 4 atom stereocenters. The highest BCUT2D eigenvalue weighted by Crippen LogP contribution is 2.28. The smallest absolute Gasteiger partial charge is 0.163 e. The summed E-state index contributed by atoms with van der Waals surface area (Å²) in [6.45, 7) is 7.91. The number of ether oxygens (including phenoxy) is 4. The highest BCUT2D eigenvalue weighted by atomic mass is 16.8. The van der Waals surface area contributed by atoms with Crippen LogP contribution in [0.4, 0.5) is 0 Å². The fraction of sp³-hybridized carbons (Fsp3) is 1.00. The summed E-state index contributed by atoms with van der Waals surface area (Å²) in [6, 6.07) is 0. The lowest BCUT2D eigenvalue weighted by molar-refractivity contribution is -0.165. The van der Waals surface area contributed by atoms with Crippen molar-refractivity contribution < 1.29 is 29.2 Å². The molecule has 2 rings (SSSR count). The standard InChI is InChI=1S/C13H24O6/c1-12(2)16-6-8(18-12)5-9(14)11(15)10-7-17-13(3,4)19-10/h8-11,14-15H,5-7H2,1-4H3/t8-,9+,10+,11-/m0/s1. The first-order chi connectivity index (χ1) is 8.69. The Kier molecular flexibility index (Phi) is 4.21. The van der Waals surface area contributed by atoms with E-state index in [-0.39, 0.29) is 12.7 Å². The van der Waals surface area contributed by atoms with Crippen molar-refractivity contribution in [1.82, 2.24) is 0 Å². The van der Waals surface area contributed by atoms with Gasteiger partial charge in [0.25, 0.3) is 0 Å². The van der Waals surface area contributed by atoms with Gasteiger partial charge in [-0.3, -0.25) is 0 Å². The summed E-state index contributed by atoms with van der Waals surface area (Å²) in [5.41, 5.74) is 0. The van der Waals surface area contributed by atoms with Crippen molar-refractivity contribution in [2.24, 2.45) is 0 Å². The van der Waals surface area contributed by atoms with Crippen molar-refractivity contribution >= 4 is 0 Å². The Morgan fingerprint density at radius 3 is 2.05 bits per heavy atom. The molecule has 0 unspecified atom stereocenters. The third-order valence-corrected chi connectivity index (χ3v) is 3.38. The molecule has 0 saturated carbocycles. The predicted octanol–water partition coefficient (Wildman–Crippen LogP) is 0.401. The van der Waals surface area contributed by atoms with Crippen LogP contribution in [0.5, 0.6) is 0 Å². The number of rotatable bonds is 4. The van der Waals surface area contributed by atoms with Crippen LogP contribution in [0.1, 0.15) is 34.1 Å². The van der Waals surface area contributed by atoms with Crippen molar-refractivity contribution in [3.63, 3.8) is 0 Å². The second-order valence-corrected chi connectivity index (χ2v) is 6.11. The maximum Gasteiger partial charge on any atom is 0.163 e. The van der Waals surface area contributed by atoms with E-state index in [4.69, 9.17) is 18.9 Å². The van der Waals surface area contributed by atoms with Crippen LogP contribution >= 0.6 is 0 Å². The van der Waals surface area contributed by atoms with Gasteiger partial charge in [-0.25, -0.2) is 0 Å². The molecule has 2 aliphatic rings. The zero-order chi connectivity index (χ0) is 14.3. The normalized spacial score (nSPS) is 36.3.